The lowest BCUT2D eigenvalue weighted by Crippen LogP contribution is -2.26. The van der Waals surface area contributed by atoms with Gasteiger partial charge in [0.1, 0.15) is 11.3 Å². The summed E-state index contributed by atoms with van der Waals surface area (Å²) in [6, 6.07) is 0. The molecule has 2 heterocycles. The summed E-state index contributed by atoms with van der Waals surface area (Å²) in [5.41, 5.74) is 0. The van der Waals surface area contributed by atoms with Crippen LogP contribution in [0.15, 0.2) is 12.5 Å². The molecule has 1 atom stereocenters. The van der Waals surface area contributed by atoms with Gasteiger partial charge in [0.15, 0.2) is 5.82 Å². The van der Waals surface area contributed by atoms with E-state index in [0.717, 1.165) is 32.0 Å². The summed E-state index contributed by atoms with van der Waals surface area (Å²) < 4.78 is 5.33. The predicted molar refractivity (Wildman–Crippen MR) is 59.2 cm³/mol. The van der Waals surface area contributed by atoms with Crippen LogP contribution in [-0.2, 0) is 4.74 Å². The van der Waals surface area contributed by atoms with Crippen LogP contribution in [0.2, 0.25) is 5.02 Å². The highest BCUT2D eigenvalue weighted by Gasteiger charge is 2.19. The Morgan fingerprint density at radius 1 is 1.67 bits per heavy atom. The number of hydrogen-bond donors (Lipinski definition) is 0. The second-order valence-corrected chi connectivity index (χ2v) is 4.21. The lowest BCUT2D eigenvalue weighted by molar-refractivity contribution is 0.186. The van der Waals surface area contributed by atoms with Gasteiger partial charge in [0, 0.05) is 26.1 Å². The van der Waals surface area contributed by atoms with Gasteiger partial charge in [-0.15, -0.1) is 0 Å². The quantitative estimate of drug-likeness (QED) is 0.786. The van der Waals surface area contributed by atoms with Crippen molar-refractivity contribution in [2.24, 2.45) is 5.92 Å². The first kappa shape index (κ1) is 10.6. The number of aromatic nitrogens is 2. The maximum atomic E-state index is 6.01. The number of rotatable bonds is 3. The van der Waals surface area contributed by atoms with Crippen LogP contribution in [0.4, 0.5) is 5.82 Å². The van der Waals surface area contributed by atoms with Crippen LogP contribution in [0.1, 0.15) is 6.42 Å². The fraction of sp³-hybridized carbons (Fsp3) is 0.600. The molecule has 1 saturated heterocycles. The number of hydrogen-bond acceptors (Lipinski definition) is 4. The molecule has 1 aliphatic rings. The molecule has 1 aromatic heterocycles. The number of ether oxygens (including phenoxy) is 1. The van der Waals surface area contributed by atoms with Crippen molar-refractivity contribution in [1.82, 2.24) is 9.97 Å². The molecule has 1 fully saturated rings. The van der Waals surface area contributed by atoms with Crippen LogP contribution in [0.5, 0.6) is 0 Å². The Hall–Kier alpha value is -0.870. The van der Waals surface area contributed by atoms with Crippen LogP contribution in [-0.4, -0.2) is 36.8 Å². The average molecular weight is 228 g/mol. The van der Waals surface area contributed by atoms with E-state index in [2.05, 4.69) is 14.9 Å². The van der Waals surface area contributed by atoms with E-state index in [4.69, 9.17) is 16.3 Å². The Kier molecular flexibility index (Phi) is 3.38. The third-order valence-electron chi connectivity index (χ3n) is 2.57. The standard InChI is InChI=1S/C10H14ClN3O/c1-14(5-8-2-3-15-6-8)10-9(11)4-12-7-13-10/h4,7-8H,2-3,5-6H2,1H3/t8-/m1/s1. The van der Waals surface area contributed by atoms with Crippen LogP contribution in [0.25, 0.3) is 0 Å². The van der Waals surface area contributed by atoms with Crippen molar-refractivity contribution >= 4 is 17.4 Å². The first-order valence-electron chi connectivity index (χ1n) is 5.02. The Morgan fingerprint density at radius 2 is 2.53 bits per heavy atom. The van der Waals surface area contributed by atoms with Crippen molar-refractivity contribution in [3.63, 3.8) is 0 Å². The molecule has 4 nitrogen and oxygen atoms in total. The molecular weight excluding hydrogens is 214 g/mol. The smallest absolute Gasteiger partial charge is 0.150 e. The largest absolute Gasteiger partial charge is 0.381 e. The fourth-order valence-corrected chi connectivity index (χ4v) is 2.04. The Labute approximate surface area is 94.2 Å². The fourth-order valence-electron chi connectivity index (χ4n) is 1.79. The number of nitrogens with zero attached hydrogens (tertiary/aromatic N) is 3. The van der Waals surface area contributed by atoms with Gasteiger partial charge in [0.25, 0.3) is 0 Å². The van der Waals surface area contributed by atoms with E-state index in [1.807, 2.05) is 7.05 Å². The van der Waals surface area contributed by atoms with Crippen molar-refractivity contribution in [1.29, 1.82) is 0 Å². The Balaban J connectivity index is 2.00. The molecule has 82 valence electrons. The average Bonchev–Trinajstić information content (AvgIpc) is 2.71. The van der Waals surface area contributed by atoms with Gasteiger partial charge in [-0.3, -0.25) is 0 Å². The minimum Gasteiger partial charge on any atom is -0.381 e. The molecule has 1 aliphatic heterocycles. The Bertz CT molecular complexity index is 328. The molecule has 0 saturated carbocycles. The molecule has 0 amide bonds. The van der Waals surface area contributed by atoms with Crippen LogP contribution < -0.4 is 4.90 Å². The van der Waals surface area contributed by atoms with Crippen molar-refractivity contribution in [3.05, 3.63) is 17.5 Å². The zero-order valence-corrected chi connectivity index (χ0v) is 9.44. The van der Waals surface area contributed by atoms with Gasteiger partial charge in [-0.2, -0.15) is 0 Å². The van der Waals surface area contributed by atoms with Crippen LogP contribution in [0, 0.1) is 5.92 Å². The van der Waals surface area contributed by atoms with E-state index in [1.165, 1.54) is 6.33 Å². The van der Waals surface area contributed by atoms with Crippen molar-refractivity contribution in [2.45, 2.75) is 6.42 Å². The van der Waals surface area contributed by atoms with Crippen molar-refractivity contribution in [2.75, 3.05) is 31.7 Å². The lowest BCUT2D eigenvalue weighted by atomic mass is 10.1. The van der Waals surface area contributed by atoms with Gasteiger partial charge < -0.3 is 9.64 Å². The topological polar surface area (TPSA) is 38.2 Å². The maximum absolute atomic E-state index is 6.01. The third-order valence-corrected chi connectivity index (χ3v) is 2.83. The zero-order chi connectivity index (χ0) is 10.7. The van der Waals surface area contributed by atoms with E-state index >= 15 is 0 Å². The maximum Gasteiger partial charge on any atom is 0.150 e. The van der Waals surface area contributed by atoms with Crippen molar-refractivity contribution in [3.8, 4) is 0 Å². The van der Waals surface area contributed by atoms with E-state index in [1.54, 1.807) is 6.20 Å². The summed E-state index contributed by atoms with van der Waals surface area (Å²) >= 11 is 6.01. The summed E-state index contributed by atoms with van der Waals surface area (Å²) in [6.07, 6.45) is 4.25. The monoisotopic (exact) mass is 227 g/mol. The molecule has 0 radical (unpaired) electrons. The molecule has 0 aliphatic carbocycles. The van der Waals surface area contributed by atoms with E-state index < -0.39 is 0 Å². The number of anilines is 1. The predicted octanol–water partition coefficient (Wildman–Crippen LogP) is 1.60. The zero-order valence-electron chi connectivity index (χ0n) is 8.69. The molecule has 2 rings (SSSR count). The molecular formula is C10H14ClN3O. The molecule has 0 aromatic carbocycles. The van der Waals surface area contributed by atoms with Gasteiger partial charge in [0.2, 0.25) is 0 Å². The SMILES string of the molecule is CN(C[C@H]1CCOC1)c1ncncc1Cl. The highest BCUT2D eigenvalue weighted by Crippen LogP contribution is 2.22. The molecule has 0 N–H and O–H groups in total. The van der Waals surface area contributed by atoms with Gasteiger partial charge in [-0.25, -0.2) is 9.97 Å². The second kappa shape index (κ2) is 4.77. The van der Waals surface area contributed by atoms with Gasteiger partial charge in [-0.1, -0.05) is 11.6 Å². The first-order chi connectivity index (χ1) is 7.27. The first-order valence-corrected chi connectivity index (χ1v) is 5.39. The van der Waals surface area contributed by atoms with E-state index in [-0.39, 0.29) is 0 Å². The summed E-state index contributed by atoms with van der Waals surface area (Å²) in [5, 5.41) is 0.596. The summed E-state index contributed by atoms with van der Waals surface area (Å²) in [4.78, 5) is 10.1. The second-order valence-electron chi connectivity index (χ2n) is 3.80. The van der Waals surface area contributed by atoms with Gasteiger partial charge >= 0.3 is 0 Å². The van der Waals surface area contributed by atoms with E-state index in [9.17, 15) is 0 Å². The normalized spacial score (nSPS) is 20.5. The minimum absolute atomic E-state index is 0.584. The minimum atomic E-state index is 0.584. The highest BCUT2D eigenvalue weighted by atomic mass is 35.5. The molecule has 0 spiro atoms. The summed E-state index contributed by atoms with van der Waals surface area (Å²) in [7, 11) is 1.99. The lowest BCUT2D eigenvalue weighted by Gasteiger charge is -2.21. The van der Waals surface area contributed by atoms with Crippen molar-refractivity contribution < 1.29 is 4.74 Å². The number of halogens is 1. The Morgan fingerprint density at radius 3 is 3.20 bits per heavy atom. The molecule has 5 heteroatoms. The third kappa shape index (κ3) is 2.58. The molecule has 1 aromatic rings. The van der Waals surface area contributed by atoms with E-state index in [0.29, 0.717) is 10.9 Å². The van der Waals surface area contributed by atoms with Crippen LogP contribution >= 0.6 is 11.6 Å². The molecule has 0 bridgehead atoms. The summed E-state index contributed by atoms with van der Waals surface area (Å²) in [5.74, 6) is 1.37. The summed E-state index contributed by atoms with van der Waals surface area (Å²) in [6.45, 7) is 2.64. The molecule has 0 unspecified atom stereocenters. The van der Waals surface area contributed by atoms with Crippen LogP contribution in [0.3, 0.4) is 0 Å². The van der Waals surface area contributed by atoms with Gasteiger partial charge in [-0.05, 0) is 6.42 Å². The highest BCUT2D eigenvalue weighted by molar-refractivity contribution is 6.32. The van der Waals surface area contributed by atoms with Gasteiger partial charge in [0.05, 0.1) is 12.8 Å². The molecule has 15 heavy (non-hydrogen) atoms.